The van der Waals surface area contributed by atoms with Gasteiger partial charge in [-0.2, -0.15) is 10.1 Å². The highest BCUT2D eigenvalue weighted by Gasteiger charge is 2.05. The van der Waals surface area contributed by atoms with Gasteiger partial charge >= 0.3 is 0 Å². The summed E-state index contributed by atoms with van der Waals surface area (Å²) in [6, 6.07) is 2.10. The molecule has 1 amide bonds. The molecule has 6 nitrogen and oxygen atoms in total. The first-order valence-electron chi connectivity index (χ1n) is 7.66. The molecule has 3 aromatic rings. The van der Waals surface area contributed by atoms with Gasteiger partial charge in [0.05, 0.1) is 0 Å². The lowest BCUT2D eigenvalue weighted by molar-refractivity contribution is -0.121. The SMILES string of the molecule is Cc1ccsc1CCC(=O)NCCCc1cnc2ncnn2c1. The maximum atomic E-state index is 11.9. The number of nitrogens with zero attached hydrogens (tertiary/aromatic N) is 4. The Hall–Kier alpha value is -2.28. The van der Waals surface area contributed by atoms with E-state index >= 15 is 0 Å². The van der Waals surface area contributed by atoms with E-state index < -0.39 is 0 Å². The second kappa shape index (κ2) is 7.32. The number of carbonyl (C=O) groups is 1. The highest BCUT2D eigenvalue weighted by molar-refractivity contribution is 7.10. The molecule has 23 heavy (non-hydrogen) atoms. The van der Waals surface area contributed by atoms with Crippen molar-refractivity contribution in [3.63, 3.8) is 0 Å². The molecular formula is C16H19N5OS. The molecule has 0 aliphatic carbocycles. The van der Waals surface area contributed by atoms with Crippen LogP contribution in [0.2, 0.25) is 0 Å². The summed E-state index contributed by atoms with van der Waals surface area (Å²) < 4.78 is 1.66. The van der Waals surface area contributed by atoms with Gasteiger partial charge in [0.25, 0.3) is 5.78 Å². The van der Waals surface area contributed by atoms with E-state index in [4.69, 9.17) is 0 Å². The minimum Gasteiger partial charge on any atom is -0.356 e. The zero-order valence-electron chi connectivity index (χ0n) is 13.0. The molecule has 0 fully saturated rings. The predicted octanol–water partition coefficient (Wildman–Crippen LogP) is 2.18. The molecular weight excluding hydrogens is 310 g/mol. The summed E-state index contributed by atoms with van der Waals surface area (Å²) >= 11 is 1.72. The average molecular weight is 329 g/mol. The second-order valence-corrected chi connectivity index (χ2v) is 6.45. The predicted molar refractivity (Wildman–Crippen MR) is 89.5 cm³/mol. The van der Waals surface area contributed by atoms with Crippen molar-refractivity contribution in [1.29, 1.82) is 0 Å². The van der Waals surface area contributed by atoms with E-state index in [1.165, 1.54) is 16.8 Å². The number of thiophene rings is 1. The Kier molecular flexibility index (Phi) is 4.97. The Morgan fingerprint density at radius 2 is 2.26 bits per heavy atom. The summed E-state index contributed by atoms with van der Waals surface area (Å²) in [4.78, 5) is 21.4. The number of amides is 1. The van der Waals surface area contributed by atoms with Gasteiger partial charge in [-0.1, -0.05) is 0 Å². The summed E-state index contributed by atoms with van der Waals surface area (Å²) in [6.45, 7) is 2.77. The Bertz CT molecular complexity index is 794. The lowest BCUT2D eigenvalue weighted by Crippen LogP contribution is -2.25. The Morgan fingerprint density at radius 3 is 3.09 bits per heavy atom. The van der Waals surface area contributed by atoms with Crippen LogP contribution in [0.3, 0.4) is 0 Å². The molecule has 0 saturated carbocycles. The van der Waals surface area contributed by atoms with Crippen LogP contribution in [0.5, 0.6) is 0 Å². The van der Waals surface area contributed by atoms with Crippen LogP contribution in [0, 0.1) is 6.92 Å². The summed E-state index contributed by atoms with van der Waals surface area (Å²) in [5.41, 5.74) is 2.37. The Balaban J connectivity index is 1.37. The third-order valence-electron chi connectivity index (χ3n) is 3.70. The first kappa shape index (κ1) is 15.6. The maximum absolute atomic E-state index is 11.9. The van der Waals surface area contributed by atoms with Crippen LogP contribution in [0.4, 0.5) is 0 Å². The molecule has 0 spiro atoms. The molecule has 0 saturated heterocycles. The third-order valence-corrected chi connectivity index (χ3v) is 4.78. The molecule has 3 heterocycles. The van der Waals surface area contributed by atoms with Crippen molar-refractivity contribution < 1.29 is 4.79 Å². The topological polar surface area (TPSA) is 72.2 Å². The fraction of sp³-hybridized carbons (Fsp3) is 0.375. The molecule has 0 bridgehead atoms. The van der Waals surface area contributed by atoms with Gasteiger partial charge in [0.2, 0.25) is 5.91 Å². The molecule has 1 N–H and O–H groups in total. The zero-order chi connectivity index (χ0) is 16.1. The van der Waals surface area contributed by atoms with Gasteiger partial charge in [-0.3, -0.25) is 4.79 Å². The first-order valence-corrected chi connectivity index (χ1v) is 8.54. The second-order valence-electron chi connectivity index (χ2n) is 5.45. The van der Waals surface area contributed by atoms with E-state index in [1.54, 1.807) is 15.9 Å². The number of aromatic nitrogens is 4. The lowest BCUT2D eigenvalue weighted by Gasteiger charge is -2.05. The fourth-order valence-electron chi connectivity index (χ4n) is 2.38. The average Bonchev–Trinajstić information content (AvgIpc) is 3.17. The number of carbonyl (C=O) groups excluding carboxylic acids is 1. The number of nitrogens with one attached hydrogen (secondary N) is 1. The largest absolute Gasteiger partial charge is 0.356 e. The Morgan fingerprint density at radius 1 is 1.35 bits per heavy atom. The molecule has 0 aliphatic rings. The van der Waals surface area contributed by atoms with E-state index in [2.05, 4.69) is 38.8 Å². The van der Waals surface area contributed by atoms with Crippen molar-refractivity contribution in [1.82, 2.24) is 24.9 Å². The zero-order valence-corrected chi connectivity index (χ0v) is 13.8. The van der Waals surface area contributed by atoms with Crippen molar-refractivity contribution in [3.8, 4) is 0 Å². The summed E-state index contributed by atoms with van der Waals surface area (Å²) in [7, 11) is 0. The fourth-order valence-corrected chi connectivity index (χ4v) is 3.29. The smallest absolute Gasteiger partial charge is 0.252 e. The number of rotatable bonds is 7. The number of aryl methyl sites for hydroxylation is 3. The molecule has 0 radical (unpaired) electrons. The van der Waals surface area contributed by atoms with Crippen molar-refractivity contribution in [2.45, 2.75) is 32.6 Å². The van der Waals surface area contributed by atoms with Crippen molar-refractivity contribution in [3.05, 3.63) is 46.2 Å². The van der Waals surface area contributed by atoms with Crippen LogP contribution in [-0.4, -0.2) is 32.0 Å². The summed E-state index contributed by atoms with van der Waals surface area (Å²) in [6.07, 6.45) is 8.33. The van der Waals surface area contributed by atoms with Gasteiger partial charge in [0.1, 0.15) is 6.33 Å². The van der Waals surface area contributed by atoms with E-state index in [0.717, 1.165) is 24.8 Å². The van der Waals surface area contributed by atoms with Crippen molar-refractivity contribution in [2.24, 2.45) is 0 Å². The van der Waals surface area contributed by atoms with Crippen LogP contribution >= 0.6 is 11.3 Å². The molecule has 0 aromatic carbocycles. The van der Waals surface area contributed by atoms with Gasteiger partial charge in [0.15, 0.2) is 0 Å². The monoisotopic (exact) mass is 329 g/mol. The number of hydrogen-bond acceptors (Lipinski definition) is 5. The van der Waals surface area contributed by atoms with Crippen LogP contribution in [0.25, 0.3) is 5.78 Å². The normalized spacial score (nSPS) is 11.0. The third kappa shape index (κ3) is 4.13. The molecule has 3 rings (SSSR count). The van der Waals surface area contributed by atoms with Gasteiger partial charge < -0.3 is 5.32 Å². The number of fused-ring (bicyclic) bond motifs is 1. The standard InChI is InChI=1S/C16H19N5OS/c1-12-6-8-23-14(12)4-5-15(22)17-7-2-3-13-9-18-16-19-11-20-21(16)10-13/h6,8-11H,2-5,7H2,1H3,(H,17,22). The van der Waals surface area contributed by atoms with Crippen molar-refractivity contribution in [2.75, 3.05) is 6.54 Å². The number of hydrogen-bond donors (Lipinski definition) is 1. The molecule has 0 aliphatic heterocycles. The maximum Gasteiger partial charge on any atom is 0.252 e. The van der Waals surface area contributed by atoms with Crippen LogP contribution in [0.1, 0.15) is 28.8 Å². The molecule has 0 unspecified atom stereocenters. The highest BCUT2D eigenvalue weighted by atomic mass is 32.1. The summed E-state index contributed by atoms with van der Waals surface area (Å²) in [5.74, 6) is 0.716. The van der Waals surface area contributed by atoms with Crippen LogP contribution < -0.4 is 5.32 Å². The van der Waals surface area contributed by atoms with Crippen LogP contribution in [0.15, 0.2) is 30.2 Å². The van der Waals surface area contributed by atoms with Gasteiger partial charge in [-0.05, 0) is 48.8 Å². The van der Waals surface area contributed by atoms with Crippen LogP contribution in [-0.2, 0) is 17.6 Å². The first-order chi connectivity index (χ1) is 11.2. The van der Waals surface area contributed by atoms with E-state index in [9.17, 15) is 4.79 Å². The lowest BCUT2D eigenvalue weighted by atomic mass is 10.2. The van der Waals surface area contributed by atoms with E-state index in [1.807, 2.05) is 12.4 Å². The van der Waals surface area contributed by atoms with Gasteiger partial charge in [-0.15, -0.1) is 11.3 Å². The van der Waals surface area contributed by atoms with Gasteiger partial charge in [0, 0.05) is 30.2 Å². The molecule has 7 heteroatoms. The quantitative estimate of drug-likeness (QED) is 0.674. The molecule has 0 atom stereocenters. The van der Waals surface area contributed by atoms with Crippen molar-refractivity contribution >= 4 is 23.0 Å². The van der Waals surface area contributed by atoms with Gasteiger partial charge in [-0.25, -0.2) is 9.50 Å². The summed E-state index contributed by atoms with van der Waals surface area (Å²) in [5, 5.41) is 9.12. The van der Waals surface area contributed by atoms with E-state index in [-0.39, 0.29) is 5.91 Å². The Labute approximate surface area is 138 Å². The minimum atomic E-state index is 0.114. The van der Waals surface area contributed by atoms with E-state index in [0.29, 0.717) is 18.7 Å². The molecule has 3 aromatic heterocycles. The minimum absolute atomic E-state index is 0.114. The molecule has 120 valence electrons. The highest BCUT2D eigenvalue weighted by Crippen LogP contribution is 2.17.